The van der Waals surface area contributed by atoms with Gasteiger partial charge in [-0.1, -0.05) is 0 Å². The Kier molecular flexibility index (Phi) is 6.66. The Balaban J connectivity index is 1.92. The molecule has 2 fully saturated rings. The highest BCUT2D eigenvalue weighted by Gasteiger charge is 2.63. The molecule has 1 aliphatic carbocycles. The van der Waals surface area contributed by atoms with Gasteiger partial charge in [-0.2, -0.15) is 0 Å². The van der Waals surface area contributed by atoms with E-state index < -0.39 is 78.4 Å². The number of carbonyl (C=O) groups is 2. The van der Waals surface area contributed by atoms with Crippen LogP contribution in [0.3, 0.4) is 0 Å². The van der Waals surface area contributed by atoms with Crippen LogP contribution in [-0.4, -0.2) is 98.0 Å². The highest BCUT2D eigenvalue weighted by molar-refractivity contribution is 5.67. The van der Waals surface area contributed by atoms with E-state index in [2.05, 4.69) is 0 Å². The van der Waals surface area contributed by atoms with Crippen molar-refractivity contribution in [2.24, 2.45) is 5.92 Å². The second kappa shape index (κ2) is 8.64. The highest BCUT2D eigenvalue weighted by atomic mass is 16.6. The molecule has 11 heteroatoms. The van der Waals surface area contributed by atoms with E-state index in [0.717, 1.165) is 13.8 Å². The van der Waals surface area contributed by atoms with Crippen LogP contribution in [0.2, 0.25) is 0 Å². The van der Waals surface area contributed by atoms with Gasteiger partial charge in [-0.25, -0.2) is 0 Å². The third-order valence-electron chi connectivity index (χ3n) is 6.27. The molecule has 0 spiro atoms. The van der Waals surface area contributed by atoms with Gasteiger partial charge < -0.3 is 44.5 Å². The molecule has 2 heterocycles. The van der Waals surface area contributed by atoms with Crippen molar-refractivity contribution in [3.63, 3.8) is 0 Å². The first kappa shape index (κ1) is 23.9. The van der Waals surface area contributed by atoms with Gasteiger partial charge in [0.05, 0.1) is 30.5 Å². The van der Waals surface area contributed by atoms with E-state index in [-0.39, 0.29) is 12.8 Å². The normalized spacial score (nSPS) is 46.7. The zero-order valence-corrected chi connectivity index (χ0v) is 17.6. The third-order valence-corrected chi connectivity index (χ3v) is 6.27. The minimum atomic E-state index is -1.75. The summed E-state index contributed by atoms with van der Waals surface area (Å²) in [5.41, 5.74) is -3.23. The van der Waals surface area contributed by atoms with Gasteiger partial charge in [0.25, 0.3) is 0 Å². The molecular weight excluding hydrogens is 416 g/mol. The van der Waals surface area contributed by atoms with Crippen LogP contribution in [0.4, 0.5) is 0 Å². The Hall–Kier alpha value is -1.76. The van der Waals surface area contributed by atoms with E-state index in [1.54, 1.807) is 0 Å². The Bertz CT molecular complexity index is 722. The van der Waals surface area contributed by atoms with E-state index in [9.17, 15) is 35.1 Å². The summed E-state index contributed by atoms with van der Waals surface area (Å²) in [4.78, 5) is 23.3. The maximum absolute atomic E-state index is 11.7. The van der Waals surface area contributed by atoms with Crippen molar-refractivity contribution in [3.05, 3.63) is 12.3 Å². The van der Waals surface area contributed by atoms with Crippen LogP contribution >= 0.6 is 0 Å². The number of rotatable bonds is 5. The smallest absolute Gasteiger partial charge is 0.303 e. The van der Waals surface area contributed by atoms with Crippen molar-refractivity contribution < 1.29 is 54.1 Å². The fraction of sp³-hybridized carbons (Fsp3) is 0.800. The van der Waals surface area contributed by atoms with Gasteiger partial charge in [0.1, 0.15) is 30.0 Å². The highest BCUT2D eigenvalue weighted by Crippen LogP contribution is 2.50. The van der Waals surface area contributed by atoms with Gasteiger partial charge in [0.15, 0.2) is 12.2 Å². The number of ether oxygens (including phenoxy) is 4. The van der Waals surface area contributed by atoms with E-state index in [1.165, 1.54) is 19.3 Å². The van der Waals surface area contributed by atoms with Crippen LogP contribution in [0.25, 0.3) is 0 Å². The van der Waals surface area contributed by atoms with Gasteiger partial charge >= 0.3 is 11.9 Å². The standard InChI is InChI=1S/C20H30O11/c1-9(22)29-16-11(31-13(8-21)15(25)17(16)30-10(2)23)6-12-18-19(3,26)7-14(24)20(18,27)4-5-28-12/h4-5,11-18,21,24-27H,6-8H2,1-3H3. The molecule has 5 N–H and O–H groups in total. The average Bonchev–Trinajstić information content (AvgIpc) is 2.84. The fourth-order valence-corrected chi connectivity index (χ4v) is 5.05. The van der Waals surface area contributed by atoms with Crippen molar-refractivity contribution in [2.45, 2.75) is 87.5 Å². The molecule has 1 saturated heterocycles. The van der Waals surface area contributed by atoms with Gasteiger partial charge in [0.2, 0.25) is 0 Å². The molecule has 3 aliphatic rings. The number of aliphatic hydroxyl groups excluding tert-OH is 3. The summed E-state index contributed by atoms with van der Waals surface area (Å²) in [5.74, 6) is -2.39. The lowest BCUT2D eigenvalue weighted by Gasteiger charge is -2.46. The molecule has 3 rings (SSSR count). The maximum atomic E-state index is 11.7. The van der Waals surface area contributed by atoms with Crippen LogP contribution in [0, 0.1) is 5.92 Å². The summed E-state index contributed by atoms with van der Waals surface area (Å²) in [6.45, 7) is 3.14. The molecule has 10 unspecified atom stereocenters. The Labute approximate surface area is 179 Å². The number of aliphatic hydroxyl groups is 5. The number of carbonyl (C=O) groups excluding carboxylic acids is 2. The van der Waals surface area contributed by atoms with Crippen LogP contribution in [0.15, 0.2) is 12.3 Å². The van der Waals surface area contributed by atoms with Crippen LogP contribution < -0.4 is 0 Å². The molecular formula is C20H30O11. The zero-order valence-electron chi connectivity index (χ0n) is 17.6. The van der Waals surface area contributed by atoms with Crippen LogP contribution in [0.1, 0.15) is 33.6 Å². The summed E-state index contributed by atoms with van der Waals surface area (Å²) in [7, 11) is 0. The molecule has 10 atom stereocenters. The fourth-order valence-electron chi connectivity index (χ4n) is 5.05. The minimum Gasteiger partial charge on any atom is -0.498 e. The molecule has 11 nitrogen and oxygen atoms in total. The van der Waals surface area contributed by atoms with Crippen molar-refractivity contribution in [1.29, 1.82) is 0 Å². The second-order valence-corrected chi connectivity index (χ2v) is 8.69. The number of hydrogen-bond donors (Lipinski definition) is 5. The monoisotopic (exact) mass is 446 g/mol. The van der Waals surface area contributed by atoms with Crippen molar-refractivity contribution in [2.75, 3.05) is 6.61 Å². The lowest BCUT2D eigenvalue weighted by atomic mass is 9.75. The summed E-state index contributed by atoms with van der Waals surface area (Å²) in [6, 6.07) is 0. The lowest BCUT2D eigenvalue weighted by molar-refractivity contribution is -0.253. The first-order valence-corrected chi connectivity index (χ1v) is 10.2. The van der Waals surface area contributed by atoms with Gasteiger partial charge in [-0.05, 0) is 13.0 Å². The molecule has 2 aliphatic heterocycles. The first-order chi connectivity index (χ1) is 14.4. The Morgan fingerprint density at radius 3 is 2.26 bits per heavy atom. The summed E-state index contributed by atoms with van der Waals surface area (Å²) in [5, 5.41) is 52.3. The zero-order chi connectivity index (χ0) is 23.1. The largest absolute Gasteiger partial charge is 0.498 e. The van der Waals surface area contributed by atoms with E-state index in [0.29, 0.717) is 0 Å². The molecule has 176 valence electrons. The lowest BCUT2D eigenvalue weighted by Crippen LogP contribution is -2.62. The SMILES string of the molecule is CC(=O)OC1C(CC2OC=CC3(O)C(O)CC(C)(O)C23)OC(CO)C(O)C1OC(C)=O. The van der Waals surface area contributed by atoms with Crippen LogP contribution in [0.5, 0.6) is 0 Å². The van der Waals surface area contributed by atoms with Crippen molar-refractivity contribution >= 4 is 11.9 Å². The molecule has 1 saturated carbocycles. The van der Waals surface area contributed by atoms with E-state index in [1.807, 2.05) is 0 Å². The minimum absolute atomic E-state index is 0.0703. The van der Waals surface area contributed by atoms with Gasteiger partial charge in [-0.15, -0.1) is 0 Å². The van der Waals surface area contributed by atoms with Crippen molar-refractivity contribution in [3.8, 4) is 0 Å². The Morgan fingerprint density at radius 2 is 1.68 bits per heavy atom. The van der Waals surface area contributed by atoms with Gasteiger partial charge in [-0.3, -0.25) is 9.59 Å². The first-order valence-electron chi connectivity index (χ1n) is 10.2. The molecule has 0 radical (unpaired) electrons. The molecule has 31 heavy (non-hydrogen) atoms. The van der Waals surface area contributed by atoms with E-state index in [4.69, 9.17) is 18.9 Å². The Morgan fingerprint density at radius 1 is 1.06 bits per heavy atom. The predicted molar refractivity (Wildman–Crippen MR) is 101 cm³/mol. The molecule has 0 aromatic heterocycles. The third kappa shape index (κ3) is 4.43. The van der Waals surface area contributed by atoms with E-state index >= 15 is 0 Å². The van der Waals surface area contributed by atoms with Crippen LogP contribution in [-0.2, 0) is 28.5 Å². The summed E-state index contributed by atoms with van der Waals surface area (Å²) < 4.78 is 21.9. The quantitative estimate of drug-likeness (QED) is 0.300. The van der Waals surface area contributed by atoms with Crippen molar-refractivity contribution in [1.82, 2.24) is 0 Å². The summed E-state index contributed by atoms with van der Waals surface area (Å²) in [6.07, 6.45) is -5.96. The maximum Gasteiger partial charge on any atom is 0.303 e. The van der Waals surface area contributed by atoms with Gasteiger partial charge in [0, 0.05) is 26.7 Å². The molecule has 0 amide bonds. The topological polar surface area (TPSA) is 172 Å². The molecule has 0 bridgehead atoms. The number of fused-ring (bicyclic) bond motifs is 1. The molecule has 0 aromatic rings. The second-order valence-electron chi connectivity index (χ2n) is 8.69. The molecule has 0 aromatic carbocycles. The summed E-state index contributed by atoms with van der Waals surface area (Å²) >= 11 is 0. The number of hydrogen-bond acceptors (Lipinski definition) is 11. The number of esters is 2. The predicted octanol–water partition coefficient (Wildman–Crippen LogP) is -1.86. The average molecular weight is 446 g/mol.